The standard InChI is InChI=1S/C12H15BrFNO2.ClH/c1-12(2,11(16)17-3)10(15)7-5-4-6-8(14)9(7)13;/h4-6,10H,15H2,1-3H3;1H/t10-;/m1./s1. The van der Waals surface area contributed by atoms with Crippen molar-refractivity contribution in [2.45, 2.75) is 19.9 Å². The first kappa shape index (κ1) is 17.4. The van der Waals surface area contributed by atoms with Gasteiger partial charge >= 0.3 is 5.97 Å². The molecule has 0 aliphatic heterocycles. The Bertz CT molecular complexity index is 440. The second-order valence-electron chi connectivity index (χ2n) is 4.33. The summed E-state index contributed by atoms with van der Waals surface area (Å²) in [6.07, 6.45) is 0. The van der Waals surface area contributed by atoms with E-state index in [4.69, 9.17) is 10.5 Å². The van der Waals surface area contributed by atoms with Crippen molar-refractivity contribution in [1.29, 1.82) is 0 Å². The molecular formula is C12H16BrClFNO2. The molecule has 0 amide bonds. The minimum atomic E-state index is -0.926. The van der Waals surface area contributed by atoms with Crippen LogP contribution in [0.1, 0.15) is 25.5 Å². The quantitative estimate of drug-likeness (QED) is 0.860. The van der Waals surface area contributed by atoms with Gasteiger partial charge in [-0.15, -0.1) is 12.4 Å². The van der Waals surface area contributed by atoms with E-state index in [1.54, 1.807) is 26.0 Å². The molecule has 0 saturated carbocycles. The van der Waals surface area contributed by atoms with Gasteiger partial charge in [-0.25, -0.2) is 4.39 Å². The molecule has 3 nitrogen and oxygen atoms in total. The van der Waals surface area contributed by atoms with E-state index in [1.807, 2.05) is 0 Å². The summed E-state index contributed by atoms with van der Waals surface area (Å²) < 4.78 is 18.4. The summed E-state index contributed by atoms with van der Waals surface area (Å²) in [7, 11) is 1.30. The third kappa shape index (κ3) is 3.22. The number of hydrogen-bond donors (Lipinski definition) is 1. The zero-order valence-corrected chi connectivity index (χ0v) is 12.8. The molecule has 0 saturated heterocycles. The summed E-state index contributed by atoms with van der Waals surface area (Å²) in [5.41, 5.74) is 5.64. The maximum Gasteiger partial charge on any atom is 0.313 e. The van der Waals surface area contributed by atoms with Crippen molar-refractivity contribution in [2.24, 2.45) is 11.1 Å². The van der Waals surface area contributed by atoms with Crippen LogP contribution in [-0.4, -0.2) is 13.1 Å². The summed E-state index contributed by atoms with van der Waals surface area (Å²) in [5, 5.41) is 0. The van der Waals surface area contributed by atoms with E-state index in [0.29, 0.717) is 5.56 Å². The Labute approximate surface area is 120 Å². The zero-order chi connectivity index (χ0) is 13.2. The van der Waals surface area contributed by atoms with Crippen molar-refractivity contribution in [1.82, 2.24) is 0 Å². The third-order valence-corrected chi connectivity index (χ3v) is 3.64. The number of nitrogens with two attached hydrogens (primary N) is 1. The van der Waals surface area contributed by atoms with Crippen molar-refractivity contribution in [3.8, 4) is 0 Å². The van der Waals surface area contributed by atoms with Crippen LogP contribution in [0.3, 0.4) is 0 Å². The molecule has 0 fully saturated rings. The minimum absolute atomic E-state index is 0. The van der Waals surface area contributed by atoms with E-state index >= 15 is 0 Å². The number of benzene rings is 1. The summed E-state index contributed by atoms with van der Waals surface area (Å²) in [6, 6.07) is 3.91. The lowest BCUT2D eigenvalue weighted by Gasteiger charge is -2.29. The van der Waals surface area contributed by atoms with Gasteiger partial charge in [-0.1, -0.05) is 12.1 Å². The zero-order valence-electron chi connectivity index (χ0n) is 10.4. The average molecular weight is 341 g/mol. The van der Waals surface area contributed by atoms with E-state index < -0.39 is 23.2 Å². The topological polar surface area (TPSA) is 52.3 Å². The molecule has 2 N–H and O–H groups in total. The van der Waals surface area contributed by atoms with Crippen molar-refractivity contribution < 1.29 is 13.9 Å². The molecule has 0 spiro atoms. The Morgan fingerprint density at radius 3 is 2.56 bits per heavy atom. The molecule has 0 aromatic heterocycles. The molecule has 0 aliphatic carbocycles. The summed E-state index contributed by atoms with van der Waals surface area (Å²) in [4.78, 5) is 11.6. The first-order valence-corrected chi connectivity index (χ1v) is 5.89. The van der Waals surface area contributed by atoms with Gasteiger partial charge in [-0.3, -0.25) is 4.79 Å². The molecule has 1 aromatic carbocycles. The molecule has 0 radical (unpaired) electrons. The highest BCUT2D eigenvalue weighted by atomic mass is 79.9. The van der Waals surface area contributed by atoms with Crippen molar-refractivity contribution >= 4 is 34.3 Å². The lowest BCUT2D eigenvalue weighted by molar-refractivity contribution is -0.152. The smallest absolute Gasteiger partial charge is 0.313 e. The van der Waals surface area contributed by atoms with Crippen molar-refractivity contribution in [2.75, 3.05) is 7.11 Å². The predicted molar refractivity (Wildman–Crippen MR) is 74.1 cm³/mol. The van der Waals surface area contributed by atoms with Crippen LogP contribution in [-0.2, 0) is 9.53 Å². The molecule has 102 valence electrons. The van der Waals surface area contributed by atoms with E-state index in [1.165, 1.54) is 13.2 Å². The lowest BCUT2D eigenvalue weighted by Crippen LogP contribution is -2.37. The van der Waals surface area contributed by atoms with E-state index in [9.17, 15) is 9.18 Å². The van der Waals surface area contributed by atoms with Crippen LogP contribution in [0.4, 0.5) is 4.39 Å². The van der Waals surface area contributed by atoms with Gasteiger partial charge in [0, 0.05) is 6.04 Å². The number of carbonyl (C=O) groups excluding carboxylic acids is 1. The SMILES string of the molecule is COC(=O)C(C)(C)[C@H](N)c1cccc(F)c1Br.Cl. The number of halogens is 3. The Kier molecular flexibility index (Phi) is 6.26. The van der Waals surface area contributed by atoms with Crippen LogP contribution in [0, 0.1) is 11.2 Å². The molecule has 0 unspecified atom stereocenters. The molecule has 1 atom stereocenters. The van der Waals surface area contributed by atoms with Gasteiger partial charge < -0.3 is 10.5 Å². The van der Waals surface area contributed by atoms with E-state index in [0.717, 1.165) is 0 Å². The first-order chi connectivity index (χ1) is 7.82. The number of carbonyl (C=O) groups is 1. The Morgan fingerprint density at radius 2 is 2.06 bits per heavy atom. The molecule has 6 heteroatoms. The summed E-state index contributed by atoms with van der Waals surface area (Å²) in [5.74, 6) is -0.834. The van der Waals surface area contributed by atoms with Gasteiger partial charge in [0.15, 0.2) is 0 Å². The Balaban J connectivity index is 0.00000289. The first-order valence-electron chi connectivity index (χ1n) is 5.10. The number of ether oxygens (including phenoxy) is 1. The number of methoxy groups -OCH3 is 1. The van der Waals surface area contributed by atoms with Gasteiger partial charge in [0.1, 0.15) is 5.82 Å². The van der Waals surface area contributed by atoms with Crippen LogP contribution in [0.5, 0.6) is 0 Å². The fraction of sp³-hybridized carbons (Fsp3) is 0.417. The molecular weight excluding hydrogens is 324 g/mol. The summed E-state index contributed by atoms with van der Waals surface area (Å²) >= 11 is 3.14. The van der Waals surface area contributed by atoms with E-state index in [-0.39, 0.29) is 16.9 Å². The second-order valence-corrected chi connectivity index (χ2v) is 5.13. The molecule has 0 aliphatic rings. The predicted octanol–water partition coefficient (Wildman–Crippen LogP) is 3.21. The van der Waals surface area contributed by atoms with Gasteiger partial charge in [-0.2, -0.15) is 0 Å². The average Bonchev–Trinajstić information content (AvgIpc) is 2.30. The van der Waals surface area contributed by atoms with Crippen molar-refractivity contribution in [3.63, 3.8) is 0 Å². The largest absolute Gasteiger partial charge is 0.469 e. The fourth-order valence-corrected chi connectivity index (χ4v) is 2.05. The monoisotopic (exact) mass is 339 g/mol. The van der Waals surface area contributed by atoms with Crippen LogP contribution in [0.2, 0.25) is 0 Å². The van der Waals surface area contributed by atoms with Gasteiger partial charge in [0.25, 0.3) is 0 Å². The molecule has 0 bridgehead atoms. The highest BCUT2D eigenvalue weighted by molar-refractivity contribution is 9.10. The van der Waals surface area contributed by atoms with Crippen LogP contribution >= 0.6 is 28.3 Å². The summed E-state index contributed by atoms with van der Waals surface area (Å²) in [6.45, 7) is 3.34. The molecule has 1 aromatic rings. The Morgan fingerprint density at radius 1 is 1.50 bits per heavy atom. The highest BCUT2D eigenvalue weighted by Gasteiger charge is 2.37. The van der Waals surface area contributed by atoms with Gasteiger partial charge in [-0.05, 0) is 41.4 Å². The van der Waals surface area contributed by atoms with Crippen molar-refractivity contribution in [3.05, 3.63) is 34.1 Å². The third-order valence-electron chi connectivity index (χ3n) is 2.81. The van der Waals surface area contributed by atoms with Crippen LogP contribution in [0.25, 0.3) is 0 Å². The normalized spacial score (nSPS) is 12.6. The molecule has 0 heterocycles. The van der Waals surface area contributed by atoms with E-state index in [2.05, 4.69) is 15.9 Å². The number of hydrogen-bond acceptors (Lipinski definition) is 3. The minimum Gasteiger partial charge on any atom is -0.469 e. The maximum absolute atomic E-state index is 13.4. The van der Waals surface area contributed by atoms with Gasteiger partial charge in [0.2, 0.25) is 0 Å². The van der Waals surface area contributed by atoms with Crippen LogP contribution in [0.15, 0.2) is 22.7 Å². The lowest BCUT2D eigenvalue weighted by atomic mass is 9.81. The molecule has 1 rings (SSSR count). The second kappa shape index (κ2) is 6.50. The fourth-order valence-electron chi connectivity index (χ4n) is 1.54. The highest BCUT2D eigenvalue weighted by Crippen LogP contribution is 2.36. The number of rotatable bonds is 3. The van der Waals surface area contributed by atoms with Crippen LogP contribution < -0.4 is 5.73 Å². The Hall–Kier alpha value is -0.650. The molecule has 18 heavy (non-hydrogen) atoms. The number of esters is 1. The maximum atomic E-state index is 13.4. The van der Waals surface area contributed by atoms with Gasteiger partial charge in [0.05, 0.1) is 17.0 Å².